The Morgan fingerprint density at radius 3 is 2.62 bits per heavy atom. The molecule has 4 nitrogen and oxygen atoms in total. The lowest BCUT2D eigenvalue weighted by Gasteiger charge is -2.34. The molecule has 0 saturated carbocycles. The molecule has 0 aromatic rings. The summed E-state index contributed by atoms with van der Waals surface area (Å²) in [6.45, 7) is 1.75. The van der Waals surface area contributed by atoms with Crippen molar-refractivity contribution in [3.05, 3.63) is 0 Å². The summed E-state index contributed by atoms with van der Waals surface area (Å²) in [7, 11) is 5.45. The van der Waals surface area contributed by atoms with E-state index in [0.29, 0.717) is 18.4 Å². The zero-order valence-corrected chi connectivity index (χ0v) is 12.2. The van der Waals surface area contributed by atoms with Gasteiger partial charge in [0.15, 0.2) is 0 Å². The van der Waals surface area contributed by atoms with Gasteiger partial charge in [-0.1, -0.05) is 6.92 Å². The van der Waals surface area contributed by atoms with E-state index >= 15 is 0 Å². The Bertz CT molecular complexity index is 266. The molecule has 16 heavy (non-hydrogen) atoms. The molecule has 1 fully saturated rings. The van der Waals surface area contributed by atoms with Crippen LogP contribution in [0.3, 0.4) is 0 Å². The molecular formula is C10H22ClN2O2P. The van der Waals surface area contributed by atoms with Crippen LogP contribution in [-0.2, 0) is 9.09 Å². The lowest BCUT2D eigenvalue weighted by molar-refractivity contribution is 0.117. The molecule has 0 amide bonds. The van der Waals surface area contributed by atoms with Crippen molar-refractivity contribution in [2.45, 2.75) is 13.3 Å². The maximum Gasteiger partial charge on any atom is 0.362 e. The molecule has 96 valence electrons. The van der Waals surface area contributed by atoms with Crippen LogP contribution in [0, 0.1) is 11.8 Å². The summed E-state index contributed by atoms with van der Waals surface area (Å²) >= 11 is 5.81. The highest BCUT2D eigenvalue weighted by Gasteiger charge is 2.28. The molecule has 0 aromatic carbocycles. The monoisotopic (exact) mass is 268 g/mol. The fourth-order valence-electron chi connectivity index (χ4n) is 2.20. The third-order valence-corrected chi connectivity index (χ3v) is 5.50. The van der Waals surface area contributed by atoms with E-state index in [0.717, 1.165) is 19.5 Å². The van der Waals surface area contributed by atoms with Crippen LogP contribution < -0.4 is 0 Å². The summed E-state index contributed by atoms with van der Waals surface area (Å²) in [4.78, 5) is 2.29. The van der Waals surface area contributed by atoms with E-state index in [1.807, 2.05) is 0 Å². The second kappa shape index (κ2) is 5.83. The smallest absolute Gasteiger partial charge is 0.306 e. The highest BCUT2D eigenvalue weighted by Crippen LogP contribution is 2.54. The van der Waals surface area contributed by atoms with Gasteiger partial charge in [-0.05, 0) is 50.6 Å². The first-order chi connectivity index (χ1) is 7.31. The van der Waals surface area contributed by atoms with Gasteiger partial charge in [0.2, 0.25) is 0 Å². The predicted octanol–water partition coefficient (Wildman–Crippen LogP) is 2.50. The number of piperidine rings is 1. The quantitative estimate of drug-likeness (QED) is 0.734. The van der Waals surface area contributed by atoms with Gasteiger partial charge in [-0.2, -0.15) is 0 Å². The summed E-state index contributed by atoms with van der Waals surface area (Å²) in [5.41, 5.74) is 0. The van der Waals surface area contributed by atoms with Crippen molar-refractivity contribution in [1.29, 1.82) is 0 Å². The Labute approximate surface area is 103 Å². The third-order valence-electron chi connectivity index (χ3n) is 2.88. The summed E-state index contributed by atoms with van der Waals surface area (Å²) in [5, 5.41) is 0. The van der Waals surface area contributed by atoms with Gasteiger partial charge in [0, 0.05) is 13.1 Å². The largest absolute Gasteiger partial charge is 0.362 e. The third kappa shape index (κ3) is 4.34. The molecule has 0 bridgehead atoms. The standard InChI is InChI=1S/C10H22ClN2O2P/c1-9-5-10(7-13(4)6-9)8-15-16(11,14)12(2)3/h9-10H,5-8H2,1-4H3/t9-,10+,16?/m1/s1. The van der Waals surface area contributed by atoms with Gasteiger partial charge in [0.1, 0.15) is 0 Å². The molecular weight excluding hydrogens is 247 g/mol. The van der Waals surface area contributed by atoms with Gasteiger partial charge in [-0.3, -0.25) is 4.57 Å². The lowest BCUT2D eigenvalue weighted by atomic mass is 9.91. The van der Waals surface area contributed by atoms with Gasteiger partial charge < -0.3 is 9.42 Å². The first-order valence-corrected chi connectivity index (χ1v) is 8.10. The van der Waals surface area contributed by atoms with Crippen LogP contribution in [0.2, 0.25) is 0 Å². The maximum atomic E-state index is 11.8. The number of likely N-dealkylation sites (tertiary alicyclic amines) is 1. The Kier molecular flexibility index (Phi) is 5.27. The first-order valence-electron chi connectivity index (χ1n) is 5.62. The van der Waals surface area contributed by atoms with Crippen LogP contribution in [0.25, 0.3) is 0 Å². The Hall–Kier alpha value is 0.400. The van der Waals surface area contributed by atoms with Crippen LogP contribution in [0.5, 0.6) is 0 Å². The predicted molar refractivity (Wildman–Crippen MR) is 67.9 cm³/mol. The molecule has 1 heterocycles. The molecule has 0 spiro atoms. The molecule has 3 atom stereocenters. The first kappa shape index (κ1) is 14.5. The minimum atomic E-state index is -3.08. The zero-order valence-electron chi connectivity index (χ0n) is 10.5. The molecule has 1 aliphatic heterocycles. The number of hydrogen-bond donors (Lipinski definition) is 0. The van der Waals surface area contributed by atoms with E-state index in [1.165, 1.54) is 4.67 Å². The molecule has 1 aliphatic rings. The molecule has 0 N–H and O–H groups in total. The second-order valence-corrected chi connectivity index (χ2v) is 8.27. The van der Waals surface area contributed by atoms with Crippen molar-refractivity contribution in [2.75, 3.05) is 40.8 Å². The summed E-state index contributed by atoms with van der Waals surface area (Å²) in [5.74, 6) is 1.10. The maximum absolute atomic E-state index is 11.8. The molecule has 1 unspecified atom stereocenters. The average Bonchev–Trinajstić information content (AvgIpc) is 2.13. The van der Waals surface area contributed by atoms with Crippen LogP contribution in [0.1, 0.15) is 13.3 Å². The van der Waals surface area contributed by atoms with Crippen LogP contribution in [0.15, 0.2) is 0 Å². The van der Waals surface area contributed by atoms with Crippen molar-refractivity contribution in [3.8, 4) is 0 Å². The van der Waals surface area contributed by atoms with Gasteiger partial charge in [0.05, 0.1) is 6.61 Å². The highest BCUT2D eigenvalue weighted by molar-refractivity contribution is 7.83. The fraction of sp³-hybridized carbons (Fsp3) is 1.00. The summed E-state index contributed by atoms with van der Waals surface area (Å²) < 4.78 is 18.6. The Balaban J connectivity index is 2.40. The molecule has 1 saturated heterocycles. The van der Waals surface area contributed by atoms with Gasteiger partial charge >= 0.3 is 6.87 Å². The van der Waals surface area contributed by atoms with E-state index in [-0.39, 0.29) is 0 Å². The zero-order chi connectivity index (χ0) is 12.3. The van der Waals surface area contributed by atoms with Crippen molar-refractivity contribution < 1.29 is 9.09 Å². The van der Waals surface area contributed by atoms with Crippen molar-refractivity contribution >= 4 is 18.1 Å². The number of rotatable bonds is 4. The minimum Gasteiger partial charge on any atom is -0.306 e. The second-order valence-electron chi connectivity index (χ2n) is 5.02. The number of nitrogens with zero attached hydrogens (tertiary/aromatic N) is 2. The van der Waals surface area contributed by atoms with Crippen molar-refractivity contribution in [1.82, 2.24) is 9.57 Å². The van der Waals surface area contributed by atoms with Crippen LogP contribution in [0.4, 0.5) is 0 Å². The SMILES string of the molecule is C[C@@H]1C[C@H](COP(=O)(Cl)N(C)C)CN(C)C1. The average molecular weight is 269 g/mol. The summed E-state index contributed by atoms with van der Waals surface area (Å²) in [6.07, 6.45) is 1.12. The molecule has 0 aliphatic carbocycles. The normalized spacial score (nSPS) is 31.6. The van der Waals surface area contributed by atoms with Crippen LogP contribution >= 0.6 is 18.1 Å². The van der Waals surface area contributed by atoms with E-state index in [1.54, 1.807) is 14.1 Å². The molecule has 1 rings (SSSR count). The van der Waals surface area contributed by atoms with E-state index in [9.17, 15) is 4.57 Å². The van der Waals surface area contributed by atoms with Crippen molar-refractivity contribution in [3.63, 3.8) is 0 Å². The molecule has 6 heteroatoms. The van der Waals surface area contributed by atoms with Crippen LogP contribution in [-0.4, -0.2) is 50.4 Å². The van der Waals surface area contributed by atoms with Gasteiger partial charge in [0.25, 0.3) is 0 Å². The fourth-order valence-corrected chi connectivity index (χ4v) is 2.99. The molecule has 0 aromatic heterocycles. The van der Waals surface area contributed by atoms with E-state index in [4.69, 9.17) is 15.8 Å². The number of halogens is 1. The minimum absolute atomic E-state index is 0.431. The Morgan fingerprint density at radius 2 is 2.12 bits per heavy atom. The topological polar surface area (TPSA) is 32.8 Å². The Morgan fingerprint density at radius 1 is 1.50 bits per heavy atom. The van der Waals surface area contributed by atoms with E-state index < -0.39 is 6.87 Å². The lowest BCUT2D eigenvalue weighted by Crippen LogP contribution is -2.38. The van der Waals surface area contributed by atoms with E-state index in [2.05, 4.69) is 18.9 Å². The van der Waals surface area contributed by atoms with Gasteiger partial charge in [-0.25, -0.2) is 4.67 Å². The van der Waals surface area contributed by atoms with Gasteiger partial charge in [-0.15, -0.1) is 0 Å². The van der Waals surface area contributed by atoms with Crippen molar-refractivity contribution in [2.24, 2.45) is 11.8 Å². The molecule has 0 radical (unpaired) electrons. The highest BCUT2D eigenvalue weighted by atomic mass is 35.7. The number of hydrogen-bond acceptors (Lipinski definition) is 3. The summed E-state index contributed by atoms with van der Waals surface area (Å²) in [6, 6.07) is 0.